The van der Waals surface area contributed by atoms with E-state index >= 15 is 0 Å². The van der Waals surface area contributed by atoms with E-state index < -0.39 is 17.4 Å². The molecule has 1 saturated carbocycles. The van der Waals surface area contributed by atoms with Crippen LogP contribution in [0.15, 0.2) is 0 Å². The van der Waals surface area contributed by atoms with Gasteiger partial charge in [0.25, 0.3) is 0 Å². The quantitative estimate of drug-likeness (QED) is 0.582. The molecule has 7 heteroatoms. The molecule has 0 heterocycles. The summed E-state index contributed by atoms with van der Waals surface area (Å²) in [5.74, 6) is -0.447. The van der Waals surface area contributed by atoms with Crippen LogP contribution in [0.1, 0.15) is 45.4 Å². The van der Waals surface area contributed by atoms with Crippen LogP contribution in [0.2, 0.25) is 0 Å². The Morgan fingerprint density at radius 1 is 1.33 bits per heavy atom. The lowest BCUT2D eigenvalue weighted by atomic mass is 9.75. The zero-order valence-electron chi connectivity index (χ0n) is 12.4. The number of primary amides is 1. The molecule has 0 aromatic heterocycles. The Labute approximate surface area is 129 Å². The van der Waals surface area contributed by atoms with Crippen LogP contribution in [0.5, 0.6) is 0 Å². The predicted molar refractivity (Wildman–Crippen MR) is 81.9 cm³/mol. The second-order valence-corrected chi connectivity index (χ2v) is 6.66. The summed E-state index contributed by atoms with van der Waals surface area (Å²) in [6, 6.07) is 0. The Balaban J connectivity index is 2.46. The highest BCUT2D eigenvalue weighted by Gasteiger charge is 2.42. The Kier molecular flexibility index (Phi) is 7.01. The van der Waals surface area contributed by atoms with Gasteiger partial charge >= 0.3 is 5.97 Å². The van der Waals surface area contributed by atoms with Gasteiger partial charge in [-0.3, -0.25) is 9.59 Å². The van der Waals surface area contributed by atoms with Crippen LogP contribution in [0.25, 0.3) is 0 Å². The number of hydrogen-bond acceptors (Lipinski definition) is 4. The molecule has 0 unspecified atom stereocenters. The van der Waals surface area contributed by atoms with Crippen molar-refractivity contribution >= 4 is 29.5 Å². The molecule has 0 atom stereocenters. The Bertz CT molecular complexity index is 392. The number of carboxylic acids is 1. The predicted octanol–water partition coefficient (Wildman–Crippen LogP) is 1.13. The molecule has 0 aromatic carbocycles. The molecule has 2 amide bonds. The smallest absolute Gasteiger partial charge is 0.329 e. The van der Waals surface area contributed by atoms with Crippen molar-refractivity contribution in [2.24, 2.45) is 11.7 Å². The third-order valence-corrected chi connectivity index (χ3v) is 5.02. The number of carbonyl (C=O) groups excluding carboxylic acids is 2. The molecule has 21 heavy (non-hydrogen) atoms. The monoisotopic (exact) mass is 316 g/mol. The number of thioether (sulfide) groups is 1. The third kappa shape index (κ3) is 5.57. The molecule has 1 aliphatic rings. The van der Waals surface area contributed by atoms with Crippen molar-refractivity contribution in [3.05, 3.63) is 0 Å². The van der Waals surface area contributed by atoms with Gasteiger partial charge in [-0.2, -0.15) is 11.8 Å². The van der Waals surface area contributed by atoms with Crippen molar-refractivity contribution in [3.8, 4) is 0 Å². The molecule has 0 spiro atoms. The maximum absolute atomic E-state index is 11.9. The largest absolute Gasteiger partial charge is 0.480 e. The second kappa shape index (κ2) is 8.26. The van der Waals surface area contributed by atoms with E-state index in [2.05, 4.69) is 12.2 Å². The van der Waals surface area contributed by atoms with Crippen LogP contribution in [-0.4, -0.2) is 39.9 Å². The molecule has 0 radical (unpaired) electrons. The van der Waals surface area contributed by atoms with E-state index in [1.54, 1.807) is 0 Å². The first kappa shape index (κ1) is 17.8. The fourth-order valence-electron chi connectivity index (χ4n) is 2.64. The molecular weight excluding hydrogens is 292 g/mol. The van der Waals surface area contributed by atoms with E-state index in [1.807, 2.05) is 0 Å². The zero-order valence-corrected chi connectivity index (χ0v) is 13.2. The summed E-state index contributed by atoms with van der Waals surface area (Å²) in [7, 11) is 0. The molecule has 6 nitrogen and oxygen atoms in total. The van der Waals surface area contributed by atoms with Crippen LogP contribution < -0.4 is 11.1 Å². The molecular formula is C14H24N2O4S. The van der Waals surface area contributed by atoms with Crippen LogP contribution >= 0.6 is 11.8 Å². The van der Waals surface area contributed by atoms with Gasteiger partial charge in [-0.25, -0.2) is 4.79 Å². The van der Waals surface area contributed by atoms with Gasteiger partial charge in [-0.1, -0.05) is 13.3 Å². The molecule has 0 aliphatic heterocycles. The highest BCUT2D eigenvalue weighted by Crippen LogP contribution is 2.34. The van der Waals surface area contributed by atoms with Crippen LogP contribution in [0, 0.1) is 5.92 Å². The highest BCUT2D eigenvalue weighted by molar-refractivity contribution is 7.99. The van der Waals surface area contributed by atoms with Crippen molar-refractivity contribution in [1.29, 1.82) is 0 Å². The van der Waals surface area contributed by atoms with Crippen LogP contribution in [0.3, 0.4) is 0 Å². The van der Waals surface area contributed by atoms with Crippen molar-refractivity contribution in [1.82, 2.24) is 5.32 Å². The normalized spacial score (nSPS) is 25.3. The molecule has 0 bridgehead atoms. The fraction of sp³-hybridized carbons (Fsp3) is 0.786. The average molecular weight is 316 g/mol. The van der Waals surface area contributed by atoms with Crippen LogP contribution in [-0.2, 0) is 14.4 Å². The number of hydrogen-bond donors (Lipinski definition) is 3. The first-order chi connectivity index (χ1) is 9.89. The summed E-state index contributed by atoms with van der Waals surface area (Å²) >= 11 is 1.28. The summed E-state index contributed by atoms with van der Waals surface area (Å²) in [6.45, 7) is 2.10. The number of rotatable bonds is 8. The standard InChI is InChI=1S/C14H24N2O4S/c1-2-10-3-6-14(7-4-10,13(19)20)16-12(18)5-8-21-9-11(15)17/h10H,2-9H2,1H3,(H2,15,17)(H,16,18)(H,19,20). The maximum atomic E-state index is 11.9. The molecule has 1 rings (SSSR count). The summed E-state index contributed by atoms with van der Waals surface area (Å²) in [5.41, 5.74) is 3.89. The lowest BCUT2D eigenvalue weighted by molar-refractivity contribution is -0.149. The van der Waals surface area contributed by atoms with E-state index in [0.29, 0.717) is 24.5 Å². The lowest BCUT2D eigenvalue weighted by Crippen LogP contribution is -2.56. The van der Waals surface area contributed by atoms with Crippen molar-refractivity contribution < 1.29 is 19.5 Å². The van der Waals surface area contributed by atoms with Gasteiger partial charge in [0, 0.05) is 12.2 Å². The first-order valence-electron chi connectivity index (χ1n) is 7.30. The summed E-state index contributed by atoms with van der Waals surface area (Å²) in [5, 5.41) is 12.2. The van der Waals surface area contributed by atoms with Gasteiger partial charge in [0.05, 0.1) is 5.75 Å². The Hall–Kier alpha value is -1.24. The minimum absolute atomic E-state index is 0.176. The number of nitrogens with two attached hydrogens (primary N) is 1. The highest BCUT2D eigenvalue weighted by atomic mass is 32.2. The number of carboxylic acid groups (broad SMARTS) is 1. The van der Waals surface area contributed by atoms with Crippen molar-refractivity contribution in [3.63, 3.8) is 0 Å². The molecule has 120 valence electrons. The molecule has 0 aromatic rings. The Morgan fingerprint density at radius 2 is 1.95 bits per heavy atom. The maximum Gasteiger partial charge on any atom is 0.329 e. The molecule has 4 N–H and O–H groups in total. The SMILES string of the molecule is CCC1CCC(NC(=O)CCSCC(N)=O)(C(=O)O)CC1. The van der Waals surface area contributed by atoms with E-state index in [4.69, 9.17) is 5.73 Å². The topological polar surface area (TPSA) is 109 Å². The number of nitrogens with one attached hydrogen (secondary N) is 1. The minimum atomic E-state index is -1.11. The summed E-state index contributed by atoms with van der Waals surface area (Å²) in [6.07, 6.45) is 3.89. The van der Waals surface area contributed by atoms with Gasteiger partial charge in [-0.05, 0) is 31.6 Å². The summed E-state index contributed by atoms with van der Waals surface area (Å²) < 4.78 is 0. The Morgan fingerprint density at radius 3 is 2.43 bits per heavy atom. The minimum Gasteiger partial charge on any atom is -0.480 e. The molecule has 1 fully saturated rings. The summed E-state index contributed by atoms with van der Waals surface area (Å²) in [4.78, 5) is 34.0. The number of carbonyl (C=O) groups is 3. The first-order valence-corrected chi connectivity index (χ1v) is 8.45. The van der Waals surface area contributed by atoms with E-state index in [9.17, 15) is 19.5 Å². The van der Waals surface area contributed by atoms with Crippen LogP contribution in [0.4, 0.5) is 0 Å². The van der Waals surface area contributed by atoms with E-state index in [-0.39, 0.29) is 18.1 Å². The molecule has 0 saturated heterocycles. The average Bonchev–Trinajstić information content (AvgIpc) is 2.44. The van der Waals surface area contributed by atoms with Gasteiger partial charge in [0.2, 0.25) is 11.8 Å². The van der Waals surface area contributed by atoms with Gasteiger partial charge in [0.1, 0.15) is 5.54 Å². The van der Waals surface area contributed by atoms with Crippen molar-refractivity contribution in [2.75, 3.05) is 11.5 Å². The van der Waals surface area contributed by atoms with E-state index in [0.717, 1.165) is 19.3 Å². The number of aliphatic carboxylic acids is 1. The van der Waals surface area contributed by atoms with E-state index in [1.165, 1.54) is 11.8 Å². The zero-order chi connectivity index (χ0) is 15.9. The van der Waals surface area contributed by atoms with Crippen molar-refractivity contribution in [2.45, 2.75) is 51.0 Å². The van der Waals surface area contributed by atoms with Gasteiger partial charge in [0.15, 0.2) is 0 Å². The third-order valence-electron chi connectivity index (χ3n) is 4.04. The molecule has 1 aliphatic carbocycles. The lowest BCUT2D eigenvalue weighted by Gasteiger charge is -2.37. The number of amides is 2. The van der Waals surface area contributed by atoms with Gasteiger partial charge in [-0.15, -0.1) is 0 Å². The van der Waals surface area contributed by atoms with Gasteiger partial charge < -0.3 is 16.2 Å². The fourth-order valence-corrected chi connectivity index (χ4v) is 3.31. The second-order valence-electron chi connectivity index (χ2n) is 5.56.